The molecule has 1 saturated heterocycles. The van der Waals surface area contributed by atoms with Crippen molar-refractivity contribution >= 4 is 11.8 Å². The molecular weight excluding hydrogens is 349 g/mol. The van der Waals surface area contributed by atoms with E-state index in [4.69, 9.17) is 0 Å². The van der Waals surface area contributed by atoms with E-state index in [0.717, 1.165) is 11.8 Å². The molecule has 0 bridgehead atoms. The van der Waals surface area contributed by atoms with Gasteiger partial charge in [-0.2, -0.15) is 18.3 Å². The smallest absolute Gasteiger partial charge is 0.346 e. The molecule has 138 valence electrons. The number of aromatic amines is 1. The maximum absolute atomic E-state index is 13.1. The Morgan fingerprint density at radius 1 is 1.38 bits per heavy atom. The lowest BCUT2D eigenvalue weighted by Gasteiger charge is -2.20. The number of carbonyl (C=O) groups excluding carboxylic acids is 2. The van der Waals surface area contributed by atoms with Gasteiger partial charge in [0.1, 0.15) is 5.69 Å². The zero-order valence-corrected chi connectivity index (χ0v) is 13.9. The van der Waals surface area contributed by atoms with Crippen LogP contribution in [-0.2, 0) is 17.5 Å². The highest BCUT2D eigenvalue weighted by Gasteiger charge is 2.36. The number of amides is 2. The van der Waals surface area contributed by atoms with Crippen molar-refractivity contribution in [2.75, 3.05) is 6.54 Å². The molecule has 0 unspecified atom stereocenters. The zero-order chi connectivity index (χ0) is 18.9. The Kier molecular flexibility index (Phi) is 4.71. The second kappa shape index (κ2) is 6.81. The van der Waals surface area contributed by atoms with E-state index in [1.807, 2.05) is 0 Å². The van der Waals surface area contributed by atoms with E-state index in [0.29, 0.717) is 0 Å². The van der Waals surface area contributed by atoms with Gasteiger partial charge in [0.25, 0.3) is 5.91 Å². The van der Waals surface area contributed by atoms with Crippen LogP contribution in [0.3, 0.4) is 0 Å². The van der Waals surface area contributed by atoms with Gasteiger partial charge in [0.05, 0.1) is 11.6 Å². The van der Waals surface area contributed by atoms with Crippen LogP contribution in [0.2, 0.25) is 0 Å². The summed E-state index contributed by atoms with van der Waals surface area (Å²) in [5.41, 5.74) is 0.203. The minimum atomic E-state index is -4.48. The van der Waals surface area contributed by atoms with Gasteiger partial charge in [-0.05, 0) is 24.6 Å². The third kappa shape index (κ3) is 3.87. The van der Waals surface area contributed by atoms with Crippen LogP contribution in [0.1, 0.15) is 33.7 Å². The van der Waals surface area contributed by atoms with Gasteiger partial charge in [-0.25, -0.2) is 0 Å². The molecule has 0 saturated carbocycles. The van der Waals surface area contributed by atoms with Gasteiger partial charge in [-0.3, -0.25) is 14.7 Å². The van der Waals surface area contributed by atoms with Crippen molar-refractivity contribution < 1.29 is 22.8 Å². The first-order chi connectivity index (χ1) is 12.2. The van der Waals surface area contributed by atoms with Crippen molar-refractivity contribution in [1.82, 2.24) is 20.4 Å². The van der Waals surface area contributed by atoms with Gasteiger partial charge in [0.2, 0.25) is 5.91 Å². The summed E-state index contributed by atoms with van der Waals surface area (Å²) in [6, 6.07) is 6.27. The fourth-order valence-electron chi connectivity index (χ4n) is 2.96. The Morgan fingerprint density at radius 3 is 2.77 bits per heavy atom. The second-order valence-corrected chi connectivity index (χ2v) is 6.24. The fourth-order valence-corrected chi connectivity index (χ4v) is 2.96. The summed E-state index contributed by atoms with van der Waals surface area (Å²) in [4.78, 5) is 25.6. The molecule has 2 aromatic rings. The molecule has 26 heavy (non-hydrogen) atoms. The van der Waals surface area contributed by atoms with E-state index in [-0.39, 0.29) is 36.7 Å². The van der Waals surface area contributed by atoms with Crippen molar-refractivity contribution in [3.05, 3.63) is 52.8 Å². The number of rotatable bonds is 4. The largest absolute Gasteiger partial charge is 0.416 e. The van der Waals surface area contributed by atoms with Crippen LogP contribution >= 0.6 is 0 Å². The van der Waals surface area contributed by atoms with Gasteiger partial charge in [0, 0.05) is 25.2 Å². The van der Waals surface area contributed by atoms with E-state index in [2.05, 4.69) is 15.5 Å². The number of likely N-dealkylation sites (tertiary alicyclic amines) is 1. The highest BCUT2D eigenvalue weighted by atomic mass is 19.4. The van der Waals surface area contributed by atoms with E-state index in [9.17, 15) is 22.8 Å². The van der Waals surface area contributed by atoms with Crippen molar-refractivity contribution in [3.8, 4) is 0 Å². The molecule has 1 aromatic heterocycles. The molecule has 1 fully saturated rings. The predicted molar refractivity (Wildman–Crippen MR) is 86.1 cm³/mol. The summed E-state index contributed by atoms with van der Waals surface area (Å²) in [6.07, 6.45) is -4.44. The Hall–Kier alpha value is -2.84. The lowest BCUT2D eigenvalue weighted by atomic mass is 10.1. The Morgan fingerprint density at radius 2 is 2.12 bits per heavy atom. The van der Waals surface area contributed by atoms with Gasteiger partial charge in [0.15, 0.2) is 0 Å². The number of nitrogens with zero attached hydrogens (tertiary/aromatic N) is 2. The molecule has 1 atom stereocenters. The van der Waals surface area contributed by atoms with Crippen molar-refractivity contribution in [2.24, 2.45) is 0 Å². The number of H-pyrrole nitrogens is 1. The van der Waals surface area contributed by atoms with Crippen molar-refractivity contribution in [2.45, 2.75) is 32.1 Å². The van der Waals surface area contributed by atoms with Crippen LogP contribution in [0.15, 0.2) is 30.3 Å². The molecule has 1 aliphatic rings. The SMILES string of the molecule is Cc1cc(C(=O)N[C@@H]2CC(=O)N(Cc3ccccc3C(F)(F)F)C2)n[nH]1. The first-order valence-electron chi connectivity index (χ1n) is 8.00. The maximum atomic E-state index is 13.1. The zero-order valence-electron chi connectivity index (χ0n) is 13.9. The van der Waals surface area contributed by atoms with Crippen LogP contribution in [0.4, 0.5) is 13.2 Å². The van der Waals surface area contributed by atoms with Crippen LogP contribution in [-0.4, -0.2) is 39.5 Å². The lowest BCUT2D eigenvalue weighted by Crippen LogP contribution is -2.37. The van der Waals surface area contributed by atoms with Gasteiger partial charge >= 0.3 is 6.18 Å². The first kappa shape index (κ1) is 18.0. The molecule has 2 amide bonds. The monoisotopic (exact) mass is 366 g/mol. The first-order valence-corrected chi connectivity index (χ1v) is 8.00. The standard InChI is InChI=1S/C17H17F3N4O2/c1-10-6-14(23-22-10)16(26)21-12-7-15(25)24(9-12)8-11-4-2-3-5-13(11)17(18,19)20/h2-6,12H,7-9H2,1H3,(H,21,26)(H,22,23)/t12-/m1/s1. The summed E-state index contributed by atoms with van der Waals surface area (Å²) in [5, 5.41) is 9.19. The van der Waals surface area contributed by atoms with E-state index in [1.54, 1.807) is 13.0 Å². The topological polar surface area (TPSA) is 78.1 Å². The summed E-state index contributed by atoms with van der Waals surface area (Å²) >= 11 is 0. The molecule has 2 N–H and O–H groups in total. The Balaban J connectivity index is 1.67. The van der Waals surface area contributed by atoms with Crippen molar-refractivity contribution in [1.29, 1.82) is 0 Å². The number of carbonyl (C=O) groups is 2. The molecule has 1 aromatic carbocycles. The summed E-state index contributed by atoms with van der Waals surface area (Å²) in [7, 11) is 0. The Labute approximate surface area is 147 Å². The van der Waals surface area contributed by atoms with E-state index in [1.165, 1.54) is 23.1 Å². The summed E-state index contributed by atoms with van der Waals surface area (Å²) < 4.78 is 39.3. The molecule has 6 nitrogen and oxygen atoms in total. The summed E-state index contributed by atoms with van der Waals surface area (Å²) in [5.74, 6) is -0.727. The highest BCUT2D eigenvalue weighted by Crippen LogP contribution is 2.32. The van der Waals surface area contributed by atoms with E-state index >= 15 is 0 Å². The second-order valence-electron chi connectivity index (χ2n) is 6.24. The van der Waals surface area contributed by atoms with Crippen LogP contribution in [0.5, 0.6) is 0 Å². The predicted octanol–water partition coefficient (Wildman–Crippen LogP) is 2.27. The molecule has 9 heteroatoms. The molecule has 0 spiro atoms. The Bertz CT molecular complexity index is 831. The number of aromatic nitrogens is 2. The average Bonchev–Trinajstić information content (AvgIpc) is 3.13. The number of halogens is 3. The number of aryl methyl sites for hydroxylation is 1. The maximum Gasteiger partial charge on any atom is 0.416 e. The van der Waals surface area contributed by atoms with Crippen LogP contribution in [0, 0.1) is 6.92 Å². The number of hydrogen-bond donors (Lipinski definition) is 2. The average molecular weight is 366 g/mol. The van der Waals surface area contributed by atoms with Gasteiger partial charge in [-0.1, -0.05) is 18.2 Å². The number of benzene rings is 1. The molecule has 0 radical (unpaired) electrons. The minimum Gasteiger partial charge on any atom is -0.346 e. The fraction of sp³-hybridized carbons (Fsp3) is 0.353. The minimum absolute atomic E-state index is 0.0308. The third-order valence-electron chi connectivity index (χ3n) is 4.17. The molecular formula is C17H17F3N4O2. The highest BCUT2D eigenvalue weighted by molar-refractivity contribution is 5.93. The van der Waals surface area contributed by atoms with Gasteiger partial charge in [-0.15, -0.1) is 0 Å². The van der Waals surface area contributed by atoms with Crippen LogP contribution in [0.25, 0.3) is 0 Å². The van der Waals surface area contributed by atoms with Crippen LogP contribution < -0.4 is 5.32 Å². The molecule has 3 rings (SSSR count). The number of hydrogen-bond acceptors (Lipinski definition) is 3. The third-order valence-corrected chi connectivity index (χ3v) is 4.17. The molecule has 0 aliphatic carbocycles. The normalized spacial score (nSPS) is 17.6. The van der Waals surface area contributed by atoms with Crippen molar-refractivity contribution in [3.63, 3.8) is 0 Å². The lowest BCUT2D eigenvalue weighted by molar-refractivity contribution is -0.139. The molecule has 1 aliphatic heterocycles. The molecule has 2 heterocycles. The van der Waals surface area contributed by atoms with Gasteiger partial charge < -0.3 is 10.2 Å². The van der Waals surface area contributed by atoms with E-state index < -0.39 is 23.7 Å². The number of nitrogens with one attached hydrogen (secondary N) is 2. The number of alkyl halides is 3. The summed E-state index contributed by atoms with van der Waals surface area (Å²) in [6.45, 7) is 1.76. The quantitative estimate of drug-likeness (QED) is 0.871.